The standard InChI is InChI=1S/C17H19F2N/c1-3-20-17(10-13-6-4-5-12(2)9-13)15-11-14(18)7-8-16(15)19/h4-9,11,17,20H,3,10H2,1-2H3. The molecule has 2 aromatic rings. The smallest absolute Gasteiger partial charge is 0.128 e. The first kappa shape index (κ1) is 14.7. The van der Waals surface area contributed by atoms with Crippen LogP contribution in [0.25, 0.3) is 0 Å². The average Bonchev–Trinajstić information content (AvgIpc) is 2.41. The van der Waals surface area contributed by atoms with Crippen molar-refractivity contribution in [2.45, 2.75) is 26.3 Å². The Hall–Kier alpha value is -1.74. The first-order chi connectivity index (χ1) is 9.60. The maximum absolute atomic E-state index is 13.9. The van der Waals surface area contributed by atoms with Crippen LogP contribution in [-0.2, 0) is 6.42 Å². The molecule has 0 aliphatic rings. The van der Waals surface area contributed by atoms with Crippen LogP contribution in [0.2, 0.25) is 0 Å². The predicted octanol–water partition coefficient (Wildman–Crippen LogP) is 4.17. The van der Waals surface area contributed by atoms with E-state index in [0.717, 1.165) is 17.2 Å². The number of hydrogen-bond donors (Lipinski definition) is 1. The lowest BCUT2D eigenvalue weighted by Gasteiger charge is -2.19. The molecule has 0 aliphatic heterocycles. The van der Waals surface area contributed by atoms with E-state index >= 15 is 0 Å². The third-order valence-corrected chi connectivity index (χ3v) is 3.31. The Balaban J connectivity index is 2.29. The van der Waals surface area contributed by atoms with Gasteiger partial charge in [-0.2, -0.15) is 0 Å². The van der Waals surface area contributed by atoms with Gasteiger partial charge in [0.2, 0.25) is 0 Å². The summed E-state index contributed by atoms with van der Waals surface area (Å²) in [5.41, 5.74) is 2.66. The molecule has 1 atom stereocenters. The van der Waals surface area contributed by atoms with Crippen LogP contribution in [0.15, 0.2) is 42.5 Å². The topological polar surface area (TPSA) is 12.0 Å². The van der Waals surface area contributed by atoms with Gasteiger partial charge in [0.1, 0.15) is 11.6 Å². The molecule has 0 spiro atoms. The fraction of sp³-hybridized carbons (Fsp3) is 0.294. The van der Waals surface area contributed by atoms with E-state index in [2.05, 4.69) is 11.4 Å². The Bertz CT molecular complexity index is 581. The molecule has 1 unspecified atom stereocenters. The first-order valence-corrected chi connectivity index (χ1v) is 6.84. The quantitative estimate of drug-likeness (QED) is 0.863. The van der Waals surface area contributed by atoms with Crippen molar-refractivity contribution < 1.29 is 8.78 Å². The van der Waals surface area contributed by atoms with Crippen LogP contribution in [0.4, 0.5) is 8.78 Å². The molecule has 2 aromatic carbocycles. The van der Waals surface area contributed by atoms with E-state index in [0.29, 0.717) is 18.5 Å². The van der Waals surface area contributed by atoms with Gasteiger partial charge in [-0.05, 0) is 43.7 Å². The summed E-state index contributed by atoms with van der Waals surface area (Å²) in [4.78, 5) is 0. The molecule has 0 aromatic heterocycles. The van der Waals surface area contributed by atoms with Gasteiger partial charge in [-0.25, -0.2) is 8.78 Å². The highest BCUT2D eigenvalue weighted by Crippen LogP contribution is 2.22. The summed E-state index contributed by atoms with van der Waals surface area (Å²) >= 11 is 0. The summed E-state index contributed by atoms with van der Waals surface area (Å²) in [6.07, 6.45) is 0.635. The van der Waals surface area contributed by atoms with Gasteiger partial charge in [0.25, 0.3) is 0 Å². The molecule has 0 radical (unpaired) electrons. The molecule has 0 heterocycles. The molecule has 0 aliphatic carbocycles. The molecule has 0 saturated heterocycles. The fourth-order valence-corrected chi connectivity index (χ4v) is 2.39. The molecule has 0 fully saturated rings. The average molecular weight is 275 g/mol. The minimum Gasteiger partial charge on any atom is -0.310 e. The molecule has 3 heteroatoms. The molecule has 20 heavy (non-hydrogen) atoms. The highest BCUT2D eigenvalue weighted by molar-refractivity contribution is 5.28. The second-order valence-corrected chi connectivity index (χ2v) is 4.97. The van der Waals surface area contributed by atoms with Crippen LogP contribution in [0.5, 0.6) is 0 Å². The number of nitrogens with one attached hydrogen (secondary N) is 1. The van der Waals surface area contributed by atoms with Crippen LogP contribution in [-0.4, -0.2) is 6.54 Å². The van der Waals surface area contributed by atoms with Crippen LogP contribution < -0.4 is 5.32 Å². The molecule has 106 valence electrons. The Morgan fingerprint density at radius 3 is 2.60 bits per heavy atom. The second kappa shape index (κ2) is 6.62. The van der Waals surface area contributed by atoms with Crippen molar-refractivity contribution in [2.24, 2.45) is 0 Å². The lowest BCUT2D eigenvalue weighted by Crippen LogP contribution is -2.24. The van der Waals surface area contributed by atoms with Crippen molar-refractivity contribution in [3.05, 3.63) is 70.8 Å². The number of benzene rings is 2. The SMILES string of the molecule is CCNC(Cc1cccc(C)c1)c1cc(F)ccc1F. The van der Waals surface area contributed by atoms with Crippen molar-refractivity contribution in [1.82, 2.24) is 5.32 Å². The van der Waals surface area contributed by atoms with Crippen molar-refractivity contribution in [2.75, 3.05) is 6.54 Å². The van der Waals surface area contributed by atoms with E-state index in [-0.39, 0.29) is 11.9 Å². The van der Waals surface area contributed by atoms with Crippen molar-refractivity contribution in [1.29, 1.82) is 0 Å². The zero-order valence-electron chi connectivity index (χ0n) is 11.8. The summed E-state index contributed by atoms with van der Waals surface area (Å²) in [5, 5.41) is 3.23. The third-order valence-electron chi connectivity index (χ3n) is 3.31. The zero-order chi connectivity index (χ0) is 14.5. The van der Waals surface area contributed by atoms with Gasteiger partial charge in [-0.1, -0.05) is 36.8 Å². The van der Waals surface area contributed by atoms with Gasteiger partial charge in [0.15, 0.2) is 0 Å². The van der Waals surface area contributed by atoms with Gasteiger partial charge in [-0.15, -0.1) is 0 Å². The number of likely N-dealkylation sites (N-methyl/N-ethyl adjacent to an activating group) is 1. The molecule has 0 saturated carbocycles. The number of hydrogen-bond acceptors (Lipinski definition) is 1. The first-order valence-electron chi connectivity index (χ1n) is 6.84. The van der Waals surface area contributed by atoms with Gasteiger partial charge in [0, 0.05) is 11.6 Å². The Morgan fingerprint density at radius 1 is 1.10 bits per heavy atom. The Morgan fingerprint density at radius 2 is 1.90 bits per heavy atom. The summed E-state index contributed by atoms with van der Waals surface area (Å²) in [7, 11) is 0. The molecule has 1 N–H and O–H groups in total. The maximum atomic E-state index is 13.9. The van der Waals surface area contributed by atoms with E-state index < -0.39 is 5.82 Å². The summed E-state index contributed by atoms with van der Waals surface area (Å²) < 4.78 is 27.3. The number of rotatable bonds is 5. The van der Waals surface area contributed by atoms with Crippen molar-refractivity contribution in [3.8, 4) is 0 Å². The van der Waals surface area contributed by atoms with E-state index in [1.54, 1.807) is 0 Å². The van der Waals surface area contributed by atoms with E-state index in [4.69, 9.17) is 0 Å². The van der Waals surface area contributed by atoms with Crippen LogP contribution >= 0.6 is 0 Å². The van der Waals surface area contributed by atoms with Crippen LogP contribution in [0.3, 0.4) is 0 Å². The predicted molar refractivity (Wildman–Crippen MR) is 77.7 cm³/mol. The maximum Gasteiger partial charge on any atom is 0.128 e. The molecule has 1 nitrogen and oxygen atoms in total. The van der Waals surface area contributed by atoms with Crippen LogP contribution in [0.1, 0.15) is 29.7 Å². The van der Waals surface area contributed by atoms with Crippen molar-refractivity contribution in [3.63, 3.8) is 0 Å². The van der Waals surface area contributed by atoms with Gasteiger partial charge in [0.05, 0.1) is 0 Å². The second-order valence-electron chi connectivity index (χ2n) is 4.97. The summed E-state index contributed by atoms with van der Waals surface area (Å²) in [5.74, 6) is -0.779. The summed E-state index contributed by atoms with van der Waals surface area (Å²) in [6, 6.07) is 11.5. The largest absolute Gasteiger partial charge is 0.310 e. The highest BCUT2D eigenvalue weighted by Gasteiger charge is 2.16. The van der Waals surface area contributed by atoms with Crippen LogP contribution in [0, 0.1) is 18.6 Å². The van der Waals surface area contributed by atoms with E-state index in [9.17, 15) is 8.78 Å². The normalized spacial score (nSPS) is 12.4. The van der Waals surface area contributed by atoms with Gasteiger partial charge in [-0.3, -0.25) is 0 Å². The zero-order valence-corrected chi connectivity index (χ0v) is 11.8. The number of aryl methyl sites for hydroxylation is 1. The van der Waals surface area contributed by atoms with Gasteiger partial charge >= 0.3 is 0 Å². The highest BCUT2D eigenvalue weighted by atomic mass is 19.1. The molecule has 0 amide bonds. The molecule has 2 rings (SSSR count). The lowest BCUT2D eigenvalue weighted by atomic mass is 9.97. The minimum atomic E-state index is -0.409. The number of halogens is 2. The van der Waals surface area contributed by atoms with E-state index in [1.807, 2.05) is 32.0 Å². The fourth-order valence-electron chi connectivity index (χ4n) is 2.39. The lowest BCUT2D eigenvalue weighted by molar-refractivity contribution is 0.502. The van der Waals surface area contributed by atoms with E-state index in [1.165, 1.54) is 12.1 Å². The third kappa shape index (κ3) is 3.64. The summed E-state index contributed by atoms with van der Waals surface area (Å²) in [6.45, 7) is 4.68. The Kier molecular flexibility index (Phi) is 4.85. The van der Waals surface area contributed by atoms with Gasteiger partial charge < -0.3 is 5.32 Å². The Labute approximate surface area is 118 Å². The molecule has 0 bridgehead atoms. The van der Waals surface area contributed by atoms with Crippen molar-refractivity contribution >= 4 is 0 Å². The minimum absolute atomic E-state index is 0.225. The molecular weight excluding hydrogens is 256 g/mol. The molecular formula is C17H19F2N. The monoisotopic (exact) mass is 275 g/mol.